The van der Waals surface area contributed by atoms with Gasteiger partial charge in [0.25, 0.3) is 5.91 Å². The zero-order valence-corrected chi connectivity index (χ0v) is 16.4. The molecule has 0 bridgehead atoms. The number of anilines is 1. The van der Waals surface area contributed by atoms with Crippen LogP contribution in [0, 0.1) is 20.8 Å². The zero-order valence-electron chi connectivity index (χ0n) is 15.6. The van der Waals surface area contributed by atoms with E-state index in [2.05, 4.69) is 10.4 Å². The van der Waals surface area contributed by atoms with Gasteiger partial charge in [0.2, 0.25) is 0 Å². The van der Waals surface area contributed by atoms with Crippen LogP contribution in [-0.4, -0.2) is 19.9 Å². The molecule has 5 nitrogen and oxygen atoms in total. The molecule has 0 spiro atoms. The minimum Gasteiger partial charge on any atom is -0.306 e. The maximum absolute atomic E-state index is 12.9. The molecule has 27 heavy (non-hydrogen) atoms. The third-order valence-electron chi connectivity index (χ3n) is 4.66. The molecule has 0 saturated carbocycles. The van der Waals surface area contributed by atoms with E-state index >= 15 is 0 Å². The summed E-state index contributed by atoms with van der Waals surface area (Å²) in [5, 5.41) is 7.65. The fraction of sp³-hybridized carbons (Fsp3) is 0.238. The number of rotatable bonds is 3. The molecule has 6 heteroatoms. The molecule has 138 valence electrons. The highest BCUT2D eigenvalue weighted by Gasteiger charge is 2.28. The summed E-state index contributed by atoms with van der Waals surface area (Å²) in [5.41, 5.74) is 6.38. The van der Waals surface area contributed by atoms with Crippen molar-refractivity contribution in [2.24, 2.45) is 0 Å². The van der Waals surface area contributed by atoms with Crippen molar-refractivity contribution < 1.29 is 9.00 Å². The molecule has 0 aliphatic carbocycles. The predicted molar refractivity (Wildman–Crippen MR) is 108 cm³/mol. The molecule has 2 heterocycles. The molecular formula is C21H21N3O2S. The molecule has 0 fully saturated rings. The number of carbonyl (C=O) groups excluding carboxylic acids is 1. The van der Waals surface area contributed by atoms with Crippen LogP contribution >= 0.6 is 0 Å². The van der Waals surface area contributed by atoms with Gasteiger partial charge in [-0.15, -0.1) is 0 Å². The van der Waals surface area contributed by atoms with Gasteiger partial charge in [0.05, 0.1) is 22.9 Å². The fourth-order valence-electron chi connectivity index (χ4n) is 3.41. The fourth-order valence-corrected chi connectivity index (χ4v) is 4.68. The van der Waals surface area contributed by atoms with Crippen LogP contribution in [0.15, 0.2) is 42.5 Å². The summed E-state index contributed by atoms with van der Waals surface area (Å²) in [6.45, 7) is 5.97. The van der Waals surface area contributed by atoms with Crippen molar-refractivity contribution in [3.05, 3.63) is 76.0 Å². The maximum Gasteiger partial charge on any atom is 0.256 e. The lowest BCUT2D eigenvalue weighted by molar-refractivity contribution is 0.102. The van der Waals surface area contributed by atoms with Crippen molar-refractivity contribution in [3.63, 3.8) is 0 Å². The van der Waals surface area contributed by atoms with Crippen molar-refractivity contribution in [2.75, 3.05) is 5.32 Å². The molecule has 4 rings (SSSR count). The molecule has 1 atom stereocenters. The molecule has 0 saturated heterocycles. The molecule has 1 aliphatic rings. The minimum atomic E-state index is -0.961. The Kier molecular flexibility index (Phi) is 4.44. The number of benzene rings is 2. The number of aryl methyl sites for hydroxylation is 3. The average molecular weight is 379 g/mol. The number of aromatic nitrogens is 2. The quantitative estimate of drug-likeness (QED) is 0.753. The van der Waals surface area contributed by atoms with Gasteiger partial charge in [-0.3, -0.25) is 9.00 Å². The summed E-state index contributed by atoms with van der Waals surface area (Å²) in [4.78, 5) is 12.9. The van der Waals surface area contributed by atoms with Crippen molar-refractivity contribution in [1.29, 1.82) is 0 Å². The second kappa shape index (κ2) is 6.78. The minimum absolute atomic E-state index is 0.185. The molecule has 1 aliphatic heterocycles. The highest BCUT2D eigenvalue weighted by molar-refractivity contribution is 7.83. The van der Waals surface area contributed by atoms with Crippen molar-refractivity contribution in [2.45, 2.75) is 32.3 Å². The van der Waals surface area contributed by atoms with E-state index in [-0.39, 0.29) is 5.91 Å². The number of carbonyl (C=O) groups is 1. The van der Waals surface area contributed by atoms with Crippen LogP contribution in [0.4, 0.5) is 5.82 Å². The summed E-state index contributed by atoms with van der Waals surface area (Å²) in [7, 11) is -0.961. The molecule has 1 N–H and O–H groups in total. The van der Waals surface area contributed by atoms with Gasteiger partial charge in [0, 0.05) is 21.9 Å². The molecular weight excluding hydrogens is 358 g/mol. The van der Waals surface area contributed by atoms with Gasteiger partial charge in [-0.05, 0) is 45.0 Å². The standard InChI is InChI=1S/C21H21N3O2S/c1-13-4-6-17(7-5-13)24-20(18-11-27(26)12-19(18)23-24)22-21(25)16-9-14(2)8-15(3)10-16/h4-10H,11-12H2,1-3H3,(H,22,25)/t27-/m0/s1. The Bertz CT molecular complexity index is 1050. The Morgan fingerprint density at radius 2 is 1.67 bits per heavy atom. The first-order chi connectivity index (χ1) is 12.9. The molecule has 2 aromatic carbocycles. The third-order valence-corrected chi connectivity index (χ3v) is 5.87. The van der Waals surface area contributed by atoms with E-state index in [0.29, 0.717) is 22.9 Å². The monoisotopic (exact) mass is 379 g/mol. The largest absolute Gasteiger partial charge is 0.306 e. The van der Waals surface area contributed by atoms with Crippen LogP contribution in [0.25, 0.3) is 5.69 Å². The van der Waals surface area contributed by atoms with Crippen molar-refractivity contribution in [1.82, 2.24) is 9.78 Å². The van der Waals surface area contributed by atoms with Crippen LogP contribution in [0.1, 0.15) is 38.3 Å². The second-order valence-electron chi connectivity index (χ2n) is 7.08. The van der Waals surface area contributed by atoms with Crippen LogP contribution in [0.2, 0.25) is 0 Å². The third kappa shape index (κ3) is 3.45. The highest BCUT2D eigenvalue weighted by atomic mass is 32.2. The van der Waals surface area contributed by atoms with E-state index in [1.165, 1.54) is 0 Å². The topological polar surface area (TPSA) is 64.0 Å². The van der Waals surface area contributed by atoms with Crippen LogP contribution in [0.5, 0.6) is 0 Å². The number of nitrogens with one attached hydrogen (secondary N) is 1. The van der Waals surface area contributed by atoms with Crippen LogP contribution in [-0.2, 0) is 22.3 Å². The lowest BCUT2D eigenvalue weighted by Crippen LogP contribution is -2.17. The Morgan fingerprint density at radius 3 is 2.33 bits per heavy atom. The van der Waals surface area contributed by atoms with E-state index in [1.54, 1.807) is 4.68 Å². The average Bonchev–Trinajstić information content (AvgIpc) is 3.12. The number of fused-ring (bicyclic) bond motifs is 1. The summed E-state index contributed by atoms with van der Waals surface area (Å²) in [6, 6.07) is 13.7. The molecule has 3 aromatic rings. The summed E-state index contributed by atoms with van der Waals surface area (Å²) in [6.07, 6.45) is 0. The first-order valence-corrected chi connectivity index (χ1v) is 10.3. The number of hydrogen-bond donors (Lipinski definition) is 1. The zero-order chi connectivity index (χ0) is 19.1. The van der Waals surface area contributed by atoms with Gasteiger partial charge in [-0.2, -0.15) is 5.10 Å². The highest BCUT2D eigenvalue weighted by Crippen LogP contribution is 2.31. The van der Waals surface area contributed by atoms with E-state index in [1.807, 2.05) is 63.2 Å². The summed E-state index contributed by atoms with van der Waals surface area (Å²) >= 11 is 0. The van der Waals surface area contributed by atoms with Gasteiger partial charge in [-0.25, -0.2) is 4.68 Å². The van der Waals surface area contributed by atoms with E-state index < -0.39 is 10.8 Å². The summed E-state index contributed by atoms with van der Waals surface area (Å²) < 4.78 is 13.8. The molecule has 0 radical (unpaired) electrons. The Morgan fingerprint density at radius 1 is 1.00 bits per heavy atom. The SMILES string of the molecule is Cc1ccc(-n2nc3c(c2NC(=O)c2cc(C)cc(C)c2)C[S@](=O)C3)cc1. The first-order valence-electron chi connectivity index (χ1n) is 8.83. The number of nitrogens with zero attached hydrogens (tertiary/aromatic N) is 2. The predicted octanol–water partition coefficient (Wildman–Crippen LogP) is 3.81. The number of hydrogen-bond acceptors (Lipinski definition) is 3. The van der Waals surface area contributed by atoms with E-state index in [0.717, 1.165) is 33.6 Å². The van der Waals surface area contributed by atoms with E-state index in [4.69, 9.17) is 0 Å². The van der Waals surface area contributed by atoms with Gasteiger partial charge in [0.1, 0.15) is 5.82 Å². The molecule has 0 unspecified atom stereocenters. The van der Waals surface area contributed by atoms with E-state index in [9.17, 15) is 9.00 Å². The number of amides is 1. The summed E-state index contributed by atoms with van der Waals surface area (Å²) in [5.74, 6) is 1.28. The molecule has 1 amide bonds. The lowest BCUT2D eigenvalue weighted by atomic mass is 10.1. The Hall–Kier alpha value is -2.73. The first kappa shape index (κ1) is 17.7. The van der Waals surface area contributed by atoms with Crippen molar-refractivity contribution >= 4 is 22.5 Å². The van der Waals surface area contributed by atoms with Gasteiger partial charge < -0.3 is 5.32 Å². The van der Waals surface area contributed by atoms with Crippen molar-refractivity contribution in [3.8, 4) is 5.69 Å². The second-order valence-corrected chi connectivity index (χ2v) is 8.54. The normalized spacial score (nSPS) is 15.6. The van der Waals surface area contributed by atoms with Gasteiger partial charge in [-0.1, -0.05) is 34.9 Å². The lowest BCUT2D eigenvalue weighted by Gasteiger charge is -2.12. The molecule has 1 aromatic heterocycles. The Balaban J connectivity index is 1.76. The van der Waals surface area contributed by atoms with Gasteiger partial charge in [0.15, 0.2) is 0 Å². The van der Waals surface area contributed by atoms with Crippen LogP contribution < -0.4 is 5.32 Å². The smallest absolute Gasteiger partial charge is 0.256 e. The maximum atomic E-state index is 12.9. The van der Waals surface area contributed by atoms with Gasteiger partial charge >= 0.3 is 0 Å². The van der Waals surface area contributed by atoms with Crippen LogP contribution in [0.3, 0.4) is 0 Å². The Labute approximate surface area is 160 Å².